The molecule has 17 heavy (non-hydrogen) atoms. The van der Waals surface area contributed by atoms with Crippen molar-refractivity contribution in [3.8, 4) is 0 Å². The molecule has 0 aliphatic heterocycles. The van der Waals surface area contributed by atoms with Gasteiger partial charge in [0.1, 0.15) is 6.04 Å². The summed E-state index contributed by atoms with van der Waals surface area (Å²) in [5.74, 6) is 0. The van der Waals surface area contributed by atoms with E-state index in [9.17, 15) is 13.2 Å². The standard InChI is InChI=1S/C11H11F3N2S/c12-11(13,14)9(15)5-6-10-16-7-3-1-2-4-8(7)17-10/h1-4,9H,5-6,15H2. The number of thiazole rings is 1. The van der Waals surface area contributed by atoms with Crippen molar-refractivity contribution in [2.75, 3.05) is 0 Å². The Balaban J connectivity index is 2.04. The van der Waals surface area contributed by atoms with Crippen molar-refractivity contribution in [2.24, 2.45) is 5.73 Å². The Labute approximate surface area is 100 Å². The van der Waals surface area contributed by atoms with Gasteiger partial charge in [-0.25, -0.2) is 4.98 Å². The van der Waals surface area contributed by atoms with Crippen molar-refractivity contribution in [3.63, 3.8) is 0 Å². The third kappa shape index (κ3) is 2.95. The number of fused-ring (bicyclic) bond motifs is 1. The maximum atomic E-state index is 12.2. The number of hydrogen-bond donors (Lipinski definition) is 1. The van der Waals surface area contributed by atoms with Gasteiger partial charge in [0.15, 0.2) is 0 Å². The number of alkyl halides is 3. The first-order chi connectivity index (χ1) is 7.97. The van der Waals surface area contributed by atoms with Crippen LogP contribution in [0.25, 0.3) is 10.2 Å². The fraction of sp³-hybridized carbons (Fsp3) is 0.364. The normalized spacial score (nSPS) is 14.1. The average molecular weight is 260 g/mol. The highest BCUT2D eigenvalue weighted by atomic mass is 32.1. The molecule has 0 spiro atoms. The van der Waals surface area contributed by atoms with Gasteiger partial charge in [0.05, 0.1) is 15.2 Å². The van der Waals surface area contributed by atoms with Gasteiger partial charge in [-0.15, -0.1) is 11.3 Å². The van der Waals surface area contributed by atoms with Crippen molar-refractivity contribution in [3.05, 3.63) is 29.3 Å². The van der Waals surface area contributed by atoms with E-state index in [1.165, 1.54) is 11.3 Å². The third-order valence-electron chi connectivity index (χ3n) is 2.43. The molecule has 0 radical (unpaired) electrons. The summed E-state index contributed by atoms with van der Waals surface area (Å²) in [6, 6.07) is 5.72. The molecule has 1 aromatic carbocycles. The van der Waals surface area contributed by atoms with Crippen molar-refractivity contribution in [2.45, 2.75) is 25.1 Å². The van der Waals surface area contributed by atoms with Crippen LogP contribution in [0.4, 0.5) is 13.2 Å². The molecule has 0 fully saturated rings. The van der Waals surface area contributed by atoms with Crippen LogP contribution in [0.2, 0.25) is 0 Å². The Hall–Kier alpha value is -1.14. The first-order valence-corrected chi connectivity index (χ1v) is 5.95. The lowest BCUT2D eigenvalue weighted by Gasteiger charge is -2.14. The summed E-state index contributed by atoms with van der Waals surface area (Å²) in [6.45, 7) is 0. The fourth-order valence-corrected chi connectivity index (χ4v) is 2.45. The van der Waals surface area contributed by atoms with E-state index in [0.29, 0.717) is 5.01 Å². The lowest BCUT2D eigenvalue weighted by atomic mass is 10.2. The van der Waals surface area contributed by atoms with E-state index in [4.69, 9.17) is 5.73 Å². The molecule has 92 valence electrons. The van der Waals surface area contributed by atoms with Gasteiger partial charge in [0.2, 0.25) is 0 Å². The van der Waals surface area contributed by atoms with Crippen LogP contribution < -0.4 is 5.73 Å². The molecule has 1 heterocycles. The lowest BCUT2D eigenvalue weighted by molar-refractivity contribution is -0.148. The molecule has 0 amide bonds. The van der Waals surface area contributed by atoms with Crippen LogP contribution in [0.1, 0.15) is 11.4 Å². The van der Waals surface area contributed by atoms with Gasteiger partial charge in [0, 0.05) is 6.42 Å². The van der Waals surface area contributed by atoms with Crippen LogP contribution in [0, 0.1) is 0 Å². The summed E-state index contributed by atoms with van der Waals surface area (Å²) in [5.41, 5.74) is 5.87. The van der Waals surface area contributed by atoms with Gasteiger partial charge in [-0.3, -0.25) is 0 Å². The van der Waals surface area contributed by atoms with E-state index in [0.717, 1.165) is 10.2 Å². The minimum Gasteiger partial charge on any atom is -0.320 e. The minimum absolute atomic E-state index is 0.122. The van der Waals surface area contributed by atoms with Gasteiger partial charge in [0.25, 0.3) is 0 Å². The van der Waals surface area contributed by atoms with Gasteiger partial charge < -0.3 is 5.73 Å². The predicted octanol–water partition coefficient (Wildman–Crippen LogP) is 3.12. The van der Waals surface area contributed by atoms with E-state index in [1.807, 2.05) is 24.3 Å². The first kappa shape index (κ1) is 12.3. The van der Waals surface area contributed by atoms with Crippen LogP contribution in [0.3, 0.4) is 0 Å². The van der Waals surface area contributed by atoms with E-state index in [2.05, 4.69) is 4.98 Å². The molecule has 0 saturated heterocycles. The van der Waals surface area contributed by atoms with E-state index in [1.54, 1.807) is 0 Å². The Morgan fingerprint density at radius 2 is 2.00 bits per heavy atom. The molecular formula is C11H11F3N2S. The number of benzene rings is 1. The topological polar surface area (TPSA) is 38.9 Å². The quantitative estimate of drug-likeness (QED) is 0.920. The molecule has 2 aromatic rings. The molecule has 0 aliphatic carbocycles. The lowest BCUT2D eigenvalue weighted by Crippen LogP contribution is -2.37. The second-order valence-electron chi connectivity index (χ2n) is 3.76. The summed E-state index contributed by atoms with van der Waals surface area (Å²) in [5, 5.41) is 0.700. The SMILES string of the molecule is NC(CCc1nc2ccccc2s1)C(F)(F)F. The number of nitrogens with zero attached hydrogens (tertiary/aromatic N) is 1. The Morgan fingerprint density at radius 1 is 1.29 bits per heavy atom. The molecule has 0 saturated carbocycles. The van der Waals surface area contributed by atoms with Gasteiger partial charge in [-0.05, 0) is 18.6 Å². The van der Waals surface area contributed by atoms with Gasteiger partial charge in [-0.2, -0.15) is 13.2 Å². The minimum atomic E-state index is -4.32. The van der Waals surface area contributed by atoms with Crippen molar-refractivity contribution in [1.82, 2.24) is 4.98 Å². The second-order valence-corrected chi connectivity index (χ2v) is 4.88. The molecule has 0 bridgehead atoms. The zero-order valence-electron chi connectivity index (χ0n) is 8.87. The second kappa shape index (κ2) is 4.62. The molecule has 1 unspecified atom stereocenters. The highest BCUT2D eigenvalue weighted by molar-refractivity contribution is 7.18. The van der Waals surface area contributed by atoms with Crippen LogP contribution in [0.15, 0.2) is 24.3 Å². The van der Waals surface area contributed by atoms with Crippen molar-refractivity contribution < 1.29 is 13.2 Å². The number of halogens is 3. The number of hydrogen-bond acceptors (Lipinski definition) is 3. The smallest absolute Gasteiger partial charge is 0.320 e. The zero-order valence-corrected chi connectivity index (χ0v) is 9.68. The number of rotatable bonds is 3. The highest BCUT2D eigenvalue weighted by Crippen LogP contribution is 2.25. The number of aromatic nitrogens is 1. The average Bonchev–Trinajstić information content (AvgIpc) is 2.66. The molecule has 2 rings (SSSR count). The summed E-state index contributed by atoms with van der Waals surface area (Å²) >= 11 is 1.42. The monoisotopic (exact) mass is 260 g/mol. The van der Waals surface area contributed by atoms with E-state index >= 15 is 0 Å². The number of para-hydroxylation sites is 1. The summed E-state index contributed by atoms with van der Waals surface area (Å²) in [6.07, 6.45) is -4.18. The van der Waals surface area contributed by atoms with Crippen molar-refractivity contribution >= 4 is 21.6 Å². The van der Waals surface area contributed by atoms with E-state index < -0.39 is 12.2 Å². The highest BCUT2D eigenvalue weighted by Gasteiger charge is 2.36. The number of aryl methyl sites for hydroxylation is 1. The van der Waals surface area contributed by atoms with Crippen LogP contribution in [-0.4, -0.2) is 17.2 Å². The molecule has 6 heteroatoms. The summed E-state index contributed by atoms with van der Waals surface area (Å²) in [7, 11) is 0. The zero-order chi connectivity index (χ0) is 12.5. The third-order valence-corrected chi connectivity index (χ3v) is 3.52. The Bertz CT molecular complexity index is 474. The molecular weight excluding hydrogens is 249 g/mol. The molecule has 2 N–H and O–H groups in total. The summed E-state index contributed by atoms with van der Waals surface area (Å²) < 4.78 is 37.6. The van der Waals surface area contributed by atoms with E-state index in [-0.39, 0.29) is 12.8 Å². The molecule has 2 nitrogen and oxygen atoms in total. The molecule has 1 atom stereocenters. The Kier molecular flexibility index (Phi) is 3.35. The maximum Gasteiger partial charge on any atom is 0.403 e. The molecule has 1 aromatic heterocycles. The van der Waals surface area contributed by atoms with Crippen LogP contribution >= 0.6 is 11.3 Å². The fourth-order valence-electron chi connectivity index (χ4n) is 1.47. The number of nitrogens with two attached hydrogens (primary N) is 1. The molecule has 0 aliphatic rings. The van der Waals surface area contributed by atoms with Gasteiger partial charge in [-0.1, -0.05) is 12.1 Å². The van der Waals surface area contributed by atoms with Crippen LogP contribution in [0.5, 0.6) is 0 Å². The first-order valence-electron chi connectivity index (χ1n) is 5.13. The largest absolute Gasteiger partial charge is 0.403 e. The maximum absolute atomic E-state index is 12.2. The van der Waals surface area contributed by atoms with Crippen molar-refractivity contribution in [1.29, 1.82) is 0 Å². The Morgan fingerprint density at radius 3 is 2.65 bits per heavy atom. The summed E-state index contributed by atoms with van der Waals surface area (Å²) in [4.78, 5) is 4.26. The van der Waals surface area contributed by atoms with Crippen LogP contribution in [-0.2, 0) is 6.42 Å². The van der Waals surface area contributed by atoms with Gasteiger partial charge >= 0.3 is 6.18 Å². The predicted molar refractivity (Wildman–Crippen MR) is 62.0 cm³/mol.